The van der Waals surface area contributed by atoms with E-state index in [1.165, 1.54) is 37.2 Å². The number of aliphatic imine (C=N–C) groups is 1. The van der Waals surface area contributed by atoms with E-state index in [9.17, 15) is 9.18 Å². The minimum absolute atomic E-state index is 0.109. The maximum Gasteiger partial charge on any atom is 0.274 e. The van der Waals surface area contributed by atoms with Crippen molar-refractivity contribution in [2.75, 3.05) is 31.4 Å². The number of thioether (sulfide) groups is 1. The van der Waals surface area contributed by atoms with Gasteiger partial charge in [0.2, 0.25) is 0 Å². The molecule has 1 amide bonds. The molecule has 1 saturated heterocycles. The second kappa shape index (κ2) is 8.00. The number of halogens is 1. The fraction of sp³-hybridized carbons (Fsp3) is 0.350. The first-order chi connectivity index (χ1) is 14.0. The molecule has 0 saturated carbocycles. The van der Waals surface area contributed by atoms with Crippen LogP contribution in [-0.2, 0) is 10.3 Å². The van der Waals surface area contributed by atoms with Crippen molar-refractivity contribution in [3.8, 4) is 5.75 Å². The van der Waals surface area contributed by atoms with E-state index in [0.717, 1.165) is 12.2 Å². The number of aromatic nitrogens is 1. The molecule has 29 heavy (non-hydrogen) atoms. The maximum absolute atomic E-state index is 14.9. The SMILES string of the molecule is COc1ccc(C(=O)Nc2ccc(F)c([C@]34COCCC3CSC(N)=N4)c2)nc1. The number of amides is 1. The van der Waals surface area contributed by atoms with Crippen LogP contribution in [0.4, 0.5) is 10.1 Å². The average molecular weight is 416 g/mol. The van der Waals surface area contributed by atoms with Gasteiger partial charge in [-0.1, -0.05) is 11.8 Å². The molecule has 2 aliphatic heterocycles. The van der Waals surface area contributed by atoms with Crippen molar-refractivity contribution in [2.24, 2.45) is 16.6 Å². The number of nitrogens with zero attached hydrogens (tertiary/aromatic N) is 2. The lowest BCUT2D eigenvalue weighted by Gasteiger charge is -2.43. The smallest absolute Gasteiger partial charge is 0.274 e. The highest BCUT2D eigenvalue weighted by atomic mass is 32.2. The molecule has 1 fully saturated rings. The van der Waals surface area contributed by atoms with Crippen LogP contribution in [-0.4, -0.2) is 42.1 Å². The van der Waals surface area contributed by atoms with Crippen LogP contribution < -0.4 is 15.8 Å². The summed E-state index contributed by atoms with van der Waals surface area (Å²) in [7, 11) is 1.53. The number of hydrogen-bond acceptors (Lipinski definition) is 7. The van der Waals surface area contributed by atoms with Crippen LogP contribution in [0.1, 0.15) is 22.5 Å². The number of carbonyl (C=O) groups is 1. The third-order valence-corrected chi connectivity index (χ3v) is 6.20. The van der Waals surface area contributed by atoms with Crippen LogP contribution in [0.3, 0.4) is 0 Å². The van der Waals surface area contributed by atoms with Crippen molar-refractivity contribution in [3.63, 3.8) is 0 Å². The van der Waals surface area contributed by atoms with Gasteiger partial charge >= 0.3 is 0 Å². The lowest BCUT2D eigenvalue weighted by atomic mass is 9.76. The summed E-state index contributed by atoms with van der Waals surface area (Å²) in [5.74, 6) is 0.617. The number of rotatable bonds is 4. The number of hydrogen-bond donors (Lipinski definition) is 2. The van der Waals surface area contributed by atoms with Gasteiger partial charge in [-0.3, -0.25) is 4.79 Å². The van der Waals surface area contributed by atoms with Crippen molar-refractivity contribution in [3.05, 3.63) is 53.6 Å². The summed E-state index contributed by atoms with van der Waals surface area (Å²) < 4.78 is 25.6. The Morgan fingerprint density at radius 1 is 1.41 bits per heavy atom. The number of fused-ring (bicyclic) bond motifs is 1. The number of methoxy groups -OCH3 is 1. The molecule has 0 spiro atoms. The lowest BCUT2D eigenvalue weighted by Crippen LogP contribution is -2.48. The second-order valence-electron chi connectivity index (χ2n) is 6.96. The van der Waals surface area contributed by atoms with E-state index in [2.05, 4.69) is 15.3 Å². The van der Waals surface area contributed by atoms with E-state index in [1.54, 1.807) is 18.2 Å². The van der Waals surface area contributed by atoms with Gasteiger partial charge in [0.1, 0.15) is 22.8 Å². The average Bonchev–Trinajstić information content (AvgIpc) is 2.74. The van der Waals surface area contributed by atoms with Gasteiger partial charge in [-0.15, -0.1) is 0 Å². The van der Waals surface area contributed by atoms with Gasteiger partial charge in [0.25, 0.3) is 5.91 Å². The van der Waals surface area contributed by atoms with Crippen molar-refractivity contribution < 1.29 is 18.7 Å². The first-order valence-corrected chi connectivity index (χ1v) is 10.2. The third kappa shape index (κ3) is 3.79. The molecule has 2 atom stereocenters. The van der Waals surface area contributed by atoms with Crippen molar-refractivity contribution >= 4 is 28.5 Å². The minimum Gasteiger partial charge on any atom is -0.495 e. The zero-order chi connectivity index (χ0) is 20.4. The summed E-state index contributed by atoms with van der Waals surface area (Å²) in [6.07, 6.45) is 2.24. The number of anilines is 1. The van der Waals surface area contributed by atoms with Crippen molar-refractivity contribution in [1.82, 2.24) is 4.98 Å². The molecule has 9 heteroatoms. The van der Waals surface area contributed by atoms with Crippen molar-refractivity contribution in [1.29, 1.82) is 0 Å². The summed E-state index contributed by atoms with van der Waals surface area (Å²) >= 11 is 1.48. The summed E-state index contributed by atoms with van der Waals surface area (Å²) in [5.41, 5.74) is 6.16. The van der Waals surface area contributed by atoms with Gasteiger partial charge in [0, 0.05) is 29.5 Å². The molecule has 0 bridgehead atoms. The molecule has 0 aliphatic carbocycles. The van der Waals surface area contributed by atoms with E-state index in [4.69, 9.17) is 15.2 Å². The van der Waals surface area contributed by atoms with E-state index >= 15 is 0 Å². The monoisotopic (exact) mass is 416 g/mol. The molecule has 4 rings (SSSR count). The quantitative estimate of drug-likeness (QED) is 0.795. The highest BCUT2D eigenvalue weighted by Gasteiger charge is 2.47. The molecule has 3 N–H and O–H groups in total. The highest BCUT2D eigenvalue weighted by molar-refractivity contribution is 8.13. The van der Waals surface area contributed by atoms with Gasteiger partial charge in [0.05, 0.1) is 19.9 Å². The molecular formula is C20H21FN4O3S. The summed E-state index contributed by atoms with van der Waals surface area (Å²) in [4.78, 5) is 21.2. The van der Waals surface area contributed by atoms with Crippen LogP contribution in [0.2, 0.25) is 0 Å². The van der Waals surface area contributed by atoms with E-state index in [0.29, 0.717) is 28.8 Å². The molecule has 1 unspecified atom stereocenters. The topological polar surface area (TPSA) is 98.8 Å². The van der Waals surface area contributed by atoms with Gasteiger partial charge in [-0.2, -0.15) is 0 Å². The van der Waals surface area contributed by atoms with E-state index in [1.807, 2.05) is 0 Å². The van der Waals surface area contributed by atoms with Crippen LogP contribution in [0.25, 0.3) is 0 Å². The number of amidine groups is 1. The van der Waals surface area contributed by atoms with Crippen LogP contribution in [0, 0.1) is 11.7 Å². The lowest BCUT2D eigenvalue weighted by molar-refractivity contribution is 0.00304. The molecule has 2 aliphatic rings. The predicted octanol–water partition coefficient (Wildman–Crippen LogP) is 2.77. The van der Waals surface area contributed by atoms with Crippen molar-refractivity contribution in [2.45, 2.75) is 12.0 Å². The molecule has 7 nitrogen and oxygen atoms in total. The summed E-state index contributed by atoms with van der Waals surface area (Å²) in [6.45, 7) is 0.872. The van der Waals surface area contributed by atoms with Gasteiger partial charge in [-0.25, -0.2) is 14.4 Å². The van der Waals surface area contributed by atoms with Crippen LogP contribution in [0.15, 0.2) is 41.5 Å². The fourth-order valence-corrected chi connectivity index (χ4v) is 4.73. The molecule has 152 valence electrons. The molecule has 2 aromatic rings. The normalized spacial score (nSPS) is 23.7. The van der Waals surface area contributed by atoms with Gasteiger partial charge in [-0.05, 0) is 36.8 Å². The Hall–Kier alpha value is -2.65. The van der Waals surface area contributed by atoms with Crippen LogP contribution >= 0.6 is 11.8 Å². The zero-order valence-electron chi connectivity index (χ0n) is 15.9. The molecular weight excluding hydrogens is 395 g/mol. The summed E-state index contributed by atoms with van der Waals surface area (Å²) in [5, 5.41) is 3.19. The third-order valence-electron chi connectivity index (χ3n) is 5.25. The Morgan fingerprint density at radius 2 is 2.28 bits per heavy atom. The number of carbonyl (C=O) groups excluding carboxylic acids is 1. The van der Waals surface area contributed by atoms with Gasteiger partial charge < -0.3 is 20.5 Å². The highest BCUT2D eigenvalue weighted by Crippen LogP contribution is 2.45. The second-order valence-corrected chi connectivity index (χ2v) is 8.00. The maximum atomic E-state index is 14.9. The summed E-state index contributed by atoms with van der Waals surface area (Å²) in [6, 6.07) is 7.68. The molecule has 1 aromatic carbocycles. The molecule has 3 heterocycles. The fourth-order valence-electron chi connectivity index (χ4n) is 3.69. The first kappa shape index (κ1) is 19.7. The number of benzene rings is 1. The Bertz CT molecular complexity index is 953. The van der Waals surface area contributed by atoms with E-state index in [-0.39, 0.29) is 18.2 Å². The Morgan fingerprint density at radius 3 is 3.03 bits per heavy atom. The Labute approximate surface area is 171 Å². The largest absolute Gasteiger partial charge is 0.495 e. The minimum atomic E-state index is -0.878. The van der Waals surface area contributed by atoms with Crippen LogP contribution in [0.5, 0.6) is 5.75 Å². The number of nitrogens with one attached hydrogen (secondary N) is 1. The van der Waals surface area contributed by atoms with E-state index < -0.39 is 17.3 Å². The standard InChI is InChI=1S/C20H21FN4O3S/c1-27-14-3-5-17(23-9-14)18(26)24-13-2-4-16(21)15(8-13)20-11-28-7-6-12(20)10-29-19(22)25-20/h2-5,8-9,12H,6-7,10-11H2,1H3,(H2,22,25)(H,24,26)/t12?,20-/m0/s1. The number of pyridine rings is 1. The Balaban J connectivity index is 1.65. The Kier molecular flexibility index (Phi) is 5.42. The predicted molar refractivity (Wildman–Crippen MR) is 110 cm³/mol. The molecule has 0 radical (unpaired) electrons. The molecule has 1 aromatic heterocycles. The first-order valence-electron chi connectivity index (χ1n) is 9.19. The van der Waals surface area contributed by atoms with Gasteiger partial charge in [0.15, 0.2) is 5.17 Å². The number of nitrogens with two attached hydrogens (primary N) is 1. The zero-order valence-corrected chi connectivity index (χ0v) is 16.7. The number of ether oxygens (including phenoxy) is 2.